The quantitative estimate of drug-likeness (QED) is 0.731. The van der Waals surface area contributed by atoms with Crippen LogP contribution < -0.4 is 10.6 Å². The number of carbonyl (C=O) groups excluding carboxylic acids is 2. The zero-order valence-electron chi connectivity index (χ0n) is 13.5. The minimum absolute atomic E-state index is 0.0579. The third-order valence-electron chi connectivity index (χ3n) is 3.61. The molecule has 0 aliphatic heterocycles. The van der Waals surface area contributed by atoms with Gasteiger partial charge in [-0.1, -0.05) is 18.2 Å². The summed E-state index contributed by atoms with van der Waals surface area (Å²) >= 11 is 0. The van der Waals surface area contributed by atoms with Gasteiger partial charge in [-0.2, -0.15) is 5.10 Å². The number of aromatic nitrogens is 2. The fourth-order valence-corrected chi connectivity index (χ4v) is 2.33. The molecule has 0 bridgehead atoms. The van der Waals surface area contributed by atoms with Gasteiger partial charge in [0.2, 0.25) is 11.8 Å². The zero-order chi connectivity index (χ0) is 16.7. The smallest absolute Gasteiger partial charge is 0.226 e. The fourth-order valence-electron chi connectivity index (χ4n) is 2.33. The topological polar surface area (TPSA) is 86.9 Å². The van der Waals surface area contributed by atoms with Gasteiger partial charge in [-0.25, -0.2) is 0 Å². The molecule has 6 heteroatoms. The predicted octanol–water partition coefficient (Wildman–Crippen LogP) is 2.10. The maximum absolute atomic E-state index is 11.8. The zero-order valence-corrected chi connectivity index (χ0v) is 13.5. The van der Waals surface area contributed by atoms with Crippen LogP contribution in [0.2, 0.25) is 0 Å². The summed E-state index contributed by atoms with van der Waals surface area (Å²) in [6.07, 6.45) is 1.29. The van der Waals surface area contributed by atoms with E-state index < -0.39 is 0 Å². The van der Waals surface area contributed by atoms with Gasteiger partial charge in [0.25, 0.3) is 0 Å². The highest BCUT2D eigenvalue weighted by Gasteiger charge is 2.09. The van der Waals surface area contributed by atoms with E-state index >= 15 is 0 Å². The number of hydrogen-bond donors (Lipinski definition) is 3. The Morgan fingerprint density at radius 1 is 1.09 bits per heavy atom. The van der Waals surface area contributed by atoms with Crippen LogP contribution >= 0.6 is 0 Å². The summed E-state index contributed by atoms with van der Waals surface area (Å²) in [7, 11) is 0. The number of benzene rings is 1. The molecule has 2 amide bonds. The third kappa shape index (κ3) is 5.25. The Bertz CT molecular complexity index is 645. The molecule has 0 aliphatic carbocycles. The molecule has 1 aromatic heterocycles. The number of anilines is 1. The first-order chi connectivity index (χ1) is 11.1. The number of H-pyrrole nitrogens is 1. The molecule has 0 fully saturated rings. The van der Waals surface area contributed by atoms with Crippen molar-refractivity contribution in [2.45, 2.75) is 33.1 Å². The Hall–Kier alpha value is -2.63. The molecule has 0 aliphatic rings. The van der Waals surface area contributed by atoms with Gasteiger partial charge in [0, 0.05) is 30.8 Å². The summed E-state index contributed by atoms with van der Waals surface area (Å²) in [5.74, 6) is -0.171. The Kier molecular flexibility index (Phi) is 5.91. The number of aromatic amines is 1. The highest BCUT2D eigenvalue weighted by Crippen LogP contribution is 2.11. The number of amides is 2. The van der Waals surface area contributed by atoms with E-state index in [2.05, 4.69) is 20.8 Å². The van der Waals surface area contributed by atoms with E-state index in [0.717, 1.165) is 22.6 Å². The van der Waals surface area contributed by atoms with Gasteiger partial charge in [-0.05, 0) is 38.0 Å². The van der Waals surface area contributed by atoms with Crippen molar-refractivity contribution in [3.63, 3.8) is 0 Å². The van der Waals surface area contributed by atoms with Crippen molar-refractivity contribution in [3.8, 4) is 0 Å². The van der Waals surface area contributed by atoms with Crippen molar-refractivity contribution < 1.29 is 9.59 Å². The van der Waals surface area contributed by atoms with Crippen LogP contribution in [0.1, 0.15) is 29.8 Å². The first kappa shape index (κ1) is 16.7. The Morgan fingerprint density at radius 2 is 1.83 bits per heavy atom. The number of carbonyl (C=O) groups is 2. The molecule has 1 aromatic carbocycles. The van der Waals surface area contributed by atoms with Crippen LogP contribution in [0.15, 0.2) is 30.3 Å². The van der Waals surface area contributed by atoms with Gasteiger partial charge >= 0.3 is 0 Å². The molecule has 0 radical (unpaired) electrons. The highest BCUT2D eigenvalue weighted by atomic mass is 16.2. The van der Waals surface area contributed by atoms with Crippen LogP contribution in [0.25, 0.3) is 0 Å². The van der Waals surface area contributed by atoms with Crippen LogP contribution in [0.5, 0.6) is 0 Å². The number of hydrogen-bond acceptors (Lipinski definition) is 3. The third-order valence-corrected chi connectivity index (χ3v) is 3.61. The predicted molar refractivity (Wildman–Crippen MR) is 89.1 cm³/mol. The van der Waals surface area contributed by atoms with Crippen molar-refractivity contribution in [1.29, 1.82) is 0 Å². The lowest BCUT2D eigenvalue weighted by Gasteiger charge is -2.07. The first-order valence-corrected chi connectivity index (χ1v) is 7.68. The van der Waals surface area contributed by atoms with Crippen molar-refractivity contribution in [2.75, 3.05) is 11.9 Å². The molecule has 2 aromatic rings. The van der Waals surface area contributed by atoms with Crippen molar-refractivity contribution in [3.05, 3.63) is 47.3 Å². The summed E-state index contributed by atoms with van der Waals surface area (Å²) < 4.78 is 0. The number of nitrogens with one attached hydrogen (secondary N) is 3. The highest BCUT2D eigenvalue weighted by molar-refractivity contribution is 5.91. The van der Waals surface area contributed by atoms with E-state index in [1.54, 1.807) is 0 Å². The van der Waals surface area contributed by atoms with Crippen LogP contribution in [0.4, 0.5) is 5.69 Å². The van der Waals surface area contributed by atoms with Crippen molar-refractivity contribution in [2.24, 2.45) is 0 Å². The molecule has 23 heavy (non-hydrogen) atoms. The van der Waals surface area contributed by atoms with Gasteiger partial charge in [0.15, 0.2) is 0 Å². The standard InChI is InChI=1S/C17H22N4O2/c1-12-15(13(2)21-20-12)8-9-16(22)18-11-10-17(23)19-14-6-4-3-5-7-14/h3-7H,8-11H2,1-2H3,(H,18,22)(H,19,23)(H,20,21). The number of nitrogens with zero attached hydrogens (tertiary/aromatic N) is 1. The van der Waals surface area contributed by atoms with Gasteiger partial charge in [-0.15, -0.1) is 0 Å². The molecule has 0 saturated carbocycles. The second kappa shape index (κ2) is 8.12. The van der Waals surface area contributed by atoms with Crippen LogP contribution in [0, 0.1) is 13.8 Å². The minimum atomic E-state index is -0.113. The molecule has 0 spiro atoms. The summed E-state index contributed by atoms with van der Waals surface area (Å²) in [6.45, 7) is 4.20. The molecule has 1 heterocycles. The normalized spacial score (nSPS) is 10.3. The second-order valence-corrected chi connectivity index (χ2v) is 5.43. The Morgan fingerprint density at radius 3 is 2.48 bits per heavy atom. The molecule has 0 saturated heterocycles. The minimum Gasteiger partial charge on any atom is -0.356 e. The van der Waals surface area contributed by atoms with Gasteiger partial charge in [0.1, 0.15) is 0 Å². The van der Waals surface area contributed by atoms with E-state index in [-0.39, 0.29) is 18.2 Å². The van der Waals surface area contributed by atoms with Gasteiger partial charge in [0.05, 0.1) is 5.69 Å². The number of para-hydroxylation sites is 1. The van der Waals surface area contributed by atoms with Crippen LogP contribution in [-0.4, -0.2) is 28.6 Å². The van der Waals surface area contributed by atoms with Crippen LogP contribution in [0.3, 0.4) is 0 Å². The fraction of sp³-hybridized carbons (Fsp3) is 0.353. The molecule has 3 N–H and O–H groups in total. The Labute approximate surface area is 135 Å². The summed E-state index contributed by atoms with van der Waals surface area (Å²) in [5.41, 5.74) is 3.77. The van der Waals surface area contributed by atoms with E-state index in [9.17, 15) is 9.59 Å². The number of aryl methyl sites for hydroxylation is 2. The largest absolute Gasteiger partial charge is 0.356 e. The van der Waals surface area contributed by atoms with E-state index in [0.29, 0.717) is 19.4 Å². The van der Waals surface area contributed by atoms with E-state index in [1.165, 1.54) is 0 Å². The lowest BCUT2D eigenvalue weighted by Crippen LogP contribution is -2.27. The molecular weight excluding hydrogens is 292 g/mol. The lowest BCUT2D eigenvalue weighted by molar-refractivity contribution is -0.121. The molecular formula is C17H22N4O2. The molecule has 0 unspecified atom stereocenters. The van der Waals surface area contributed by atoms with Crippen LogP contribution in [-0.2, 0) is 16.0 Å². The first-order valence-electron chi connectivity index (χ1n) is 7.68. The average molecular weight is 314 g/mol. The monoisotopic (exact) mass is 314 g/mol. The number of rotatable bonds is 7. The van der Waals surface area contributed by atoms with Crippen molar-refractivity contribution in [1.82, 2.24) is 15.5 Å². The second-order valence-electron chi connectivity index (χ2n) is 5.43. The van der Waals surface area contributed by atoms with E-state index in [4.69, 9.17) is 0 Å². The Balaban J connectivity index is 1.66. The SMILES string of the molecule is Cc1n[nH]c(C)c1CCC(=O)NCCC(=O)Nc1ccccc1. The maximum atomic E-state index is 11.8. The van der Waals surface area contributed by atoms with Crippen molar-refractivity contribution >= 4 is 17.5 Å². The molecule has 2 rings (SSSR count). The summed E-state index contributed by atoms with van der Waals surface area (Å²) in [4.78, 5) is 23.6. The average Bonchev–Trinajstić information content (AvgIpc) is 2.85. The summed E-state index contributed by atoms with van der Waals surface area (Å²) in [6, 6.07) is 9.26. The summed E-state index contributed by atoms with van der Waals surface area (Å²) in [5, 5.41) is 12.6. The van der Waals surface area contributed by atoms with Gasteiger partial charge in [-0.3, -0.25) is 14.7 Å². The van der Waals surface area contributed by atoms with Gasteiger partial charge < -0.3 is 10.6 Å². The lowest BCUT2D eigenvalue weighted by atomic mass is 10.1. The maximum Gasteiger partial charge on any atom is 0.226 e. The molecule has 122 valence electrons. The molecule has 0 atom stereocenters. The molecule has 6 nitrogen and oxygen atoms in total. The van der Waals surface area contributed by atoms with E-state index in [1.807, 2.05) is 44.2 Å².